The topological polar surface area (TPSA) is 74.2 Å². The van der Waals surface area contributed by atoms with Crippen LogP contribution in [0, 0.1) is 11.3 Å². The third kappa shape index (κ3) is 2.16. The summed E-state index contributed by atoms with van der Waals surface area (Å²) >= 11 is 0. The third-order valence-corrected chi connectivity index (χ3v) is 5.25. The zero-order valence-corrected chi connectivity index (χ0v) is 13.3. The molecule has 5 rings (SSSR count). The maximum absolute atomic E-state index is 12.1. The number of hydrogen-bond acceptors (Lipinski definition) is 6. The second-order valence-corrected chi connectivity index (χ2v) is 6.80. The predicted molar refractivity (Wildman–Crippen MR) is 79.9 cm³/mol. The highest BCUT2D eigenvalue weighted by Gasteiger charge is 2.57. The van der Waals surface area contributed by atoms with Crippen LogP contribution in [-0.2, 0) is 11.2 Å². The number of fused-ring (bicyclic) bond motifs is 1. The van der Waals surface area contributed by atoms with E-state index in [0.29, 0.717) is 40.4 Å². The van der Waals surface area contributed by atoms with E-state index >= 15 is 0 Å². The number of rotatable bonds is 5. The lowest BCUT2D eigenvalue weighted by molar-refractivity contribution is -0.132. The number of hydrogen-bond donors (Lipinski definition) is 1. The van der Waals surface area contributed by atoms with Crippen LogP contribution in [-0.4, -0.2) is 38.2 Å². The molecule has 3 aliphatic carbocycles. The fraction of sp³-hybridized carbons (Fsp3) is 0.588. The first-order valence-electron chi connectivity index (χ1n) is 7.85. The molecule has 0 saturated heterocycles. The molecule has 23 heavy (non-hydrogen) atoms. The average molecular weight is 320 g/mol. The quantitative estimate of drug-likeness (QED) is 0.836. The molecule has 1 aromatic rings. The Morgan fingerprint density at radius 2 is 1.96 bits per heavy atom. The van der Waals surface area contributed by atoms with E-state index in [9.17, 15) is 9.90 Å². The Bertz CT molecular complexity index is 651. The molecule has 0 aromatic heterocycles. The highest BCUT2D eigenvalue weighted by molar-refractivity contribution is 5.94. The summed E-state index contributed by atoms with van der Waals surface area (Å²) < 4.78 is 21.8. The first-order valence-corrected chi connectivity index (χ1v) is 7.85. The van der Waals surface area contributed by atoms with E-state index in [4.69, 9.17) is 18.9 Å². The number of esters is 1. The maximum Gasteiger partial charge on any atom is 0.341 e. The molecule has 3 saturated carbocycles. The molecule has 1 aromatic carbocycles. The molecule has 6 nitrogen and oxygen atoms in total. The van der Waals surface area contributed by atoms with E-state index in [1.54, 1.807) is 6.07 Å². The lowest BCUT2D eigenvalue weighted by Crippen LogP contribution is -2.55. The summed E-state index contributed by atoms with van der Waals surface area (Å²) in [6.07, 6.45) is 2.69. The van der Waals surface area contributed by atoms with Crippen molar-refractivity contribution in [3.05, 3.63) is 17.2 Å². The van der Waals surface area contributed by atoms with Crippen LogP contribution in [0.25, 0.3) is 0 Å². The smallest absolute Gasteiger partial charge is 0.341 e. The molecule has 0 radical (unpaired) electrons. The Hall–Kier alpha value is -1.95. The Morgan fingerprint density at radius 3 is 2.52 bits per heavy atom. The van der Waals surface area contributed by atoms with E-state index in [0.717, 1.165) is 5.92 Å². The first-order chi connectivity index (χ1) is 11.0. The van der Waals surface area contributed by atoms with Crippen molar-refractivity contribution in [2.45, 2.75) is 32.0 Å². The third-order valence-electron chi connectivity index (χ3n) is 5.25. The summed E-state index contributed by atoms with van der Waals surface area (Å²) in [5.74, 6) is 1.68. The van der Waals surface area contributed by atoms with E-state index in [2.05, 4.69) is 0 Å². The molecule has 2 bridgehead atoms. The van der Waals surface area contributed by atoms with E-state index in [1.165, 1.54) is 33.5 Å². The van der Waals surface area contributed by atoms with Gasteiger partial charge in [0.05, 0.1) is 26.4 Å². The molecule has 3 fully saturated rings. The van der Waals surface area contributed by atoms with Crippen LogP contribution in [0.2, 0.25) is 0 Å². The second-order valence-electron chi connectivity index (χ2n) is 6.80. The summed E-state index contributed by atoms with van der Waals surface area (Å²) in [4.78, 5) is 12.1. The van der Waals surface area contributed by atoms with Crippen molar-refractivity contribution < 1.29 is 28.8 Å². The first kappa shape index (κ1) is 14.6. The largest absolute Gasteiger partial charge is 0.492 e. The summed E-state index contributed by atoms with van der Waals surface area (Å²) in [6.45, 7) is 0.624. The summed E-state index contributed by atoms with van der Waals surface area (Å²) in [5.41, 5.74) is 1.27. The molecule has 0 amide bonds. The Labute approximate surface area is 134 Å². The van der Waals surface area contributed by atoms with Gasteiger partial charge in [0.25, 0.3) is 0 Å². The zero-order chi connectivity index (χ0) is 16.2. The van der Waals surface area contributed by atoms with Gasteiger partial charge in [0.1, 0.15) is 0 Å². The minimum Gasteiger partial charge on any atom is -0.492 e. The van der Waals surface area contributed by atoms with Crippen LogP contribution >= 0.6 is 0 Å². The molecule has 1 unspecified atom stereocenters. The van der Waals surface area contributed by atoms with Crippen molar-refractivity contribution in [3.63, 3.8) is 0 Å². The normalized spacial score (nSPS) is 30.5. The van der Waals surface area contributed by atoms with Gasteiger partial charge in [-0.1, -0.05) is 0 Å². The second kappa shape index (κ2) is 5.03. The van der Waals surface area contributed by atoms with Gasteiger partial charge in [0, 0.05) is 17.4 Å². The standard InChI is InChI=1S/C17H20O6/c1-20-14-10-4-13(18)23-16(19)11(10)3-12(15(14)21-2)22-8-17-5-9(6-17)7-17/h3,9,13,18H,4-8H2,1-2H3. The maximum atomic E-state index is 12.1. The lowest BCUT2D eigenvalue weighted by atomic mass is 9.45. The number of benzene rings is 1. The average Bonchev–Trinajstić information content (AvgIpc) is 2.43. The highest BCUT2D eigenvalue weighted by Crippen LogP contribution is 2.64. The molecule has 4 aliphatic rings. The van der Waals surface area contributed by atoms with Gasteiger partial charge >= 0.3 is 5.97 Å². The van der Waals surface area contributed by atoms with Crippen molar-refractivity contribution in [3.8, 4) is 17.2 Å². The van der Waals surface area contributed by atoms with E-state index in [-0.39, 0.29) is 6.42 Å². The minimum atomic E-state index is -1.17. The van der Waals surface area contributed by atoms with Crippen LogP contribution in [0.1, 0.15) is 35.2 Å². The number of ether oxygens (including phenoxy) is 4. The van der Waals surface area contributed by atoms with Gasteiger partial charge in [-0.25, -0.2) is 4.79 Å². The van der Waals surface area contributed by atoms with Gasteiger partial charge in [-0.05, 0) is 31.2 Å². The summed E-state index contributed by atoms with van der Waals surface area (Å²) in [7, 11) is 3.05. The molecule has 0 spiro atoms. The molecular weight excluding hydrogens is 300 g/mol. The summed E-state index contributed by atoms with van der Waals surface area (Å²) in [5, 5.41) is 9.66. The lowest BCUT2D eigenvalue weighted by Gasteiger charge is -2.61. The Kier molecular flexibility index (Phi) is 3.20. The number of carbonyl (C=O) groups is 1. The Balaban J connectivity index is 1.69. The monoisotopic (exact) mass is 320 g/mol. The molecule has 1 N–H and O–H groups in total. The van der Waals surface area contributed by atoms with Gasteiger partial charge in [-0.15, -0.1) is 0 Å². The van der Waals surface area contributed by atoms with Crippen LogP contribution in [0.5, 0.6) is 17.2 Å². The number of cyclic esters (lactones) is 1. The van der Waals surface area contributed by atoms with Gasteiger partial charge < -0.3 is 24.1 Å². The molecular formula is C17H20O6. The predicted octanol–water partition coefficient (Wildman–Crippen LogP) is 1.91. The van der Waals surface area contributed by atoms with Gasteiger partial charge in [-0.3, -0.25) is 0 Å². The summed E-state index contributed by atoms with van der Waals surface area (Å²) in [6, 6.07) is 1.64. The fourth-order valence-corrected chi connectivity index (χ4v) is 4.02. The fourth-order valence-electron chi connectivity index (χ4n) is 4.02. The molecule has 1 heterocycles. The SMILES string of the molecule is COc1c(OCC23CC(C2)C3)cc2c(c1OC)CC(O)OC2=O. The number of carbonyl (C=O) groups excluding carboxylic acids is 1. The van der Waals surface area contributed by atoms with Crippen molar-refractivity contribution in [2.24, 2.45) is 11.3 Å². The minimum absolute atomic E-state index is 0.173. The molecule has 124 valence electrons. The van der Waals surface area contributed by atoms with Crippen molar-refractivity contribution in [1.29, 1.82) is 0 Å². The van der Waals surface area contributed by atoms with Crippen LogP contribution in [0.15, 0.2) is 6.07 Å². The van der Waals surface area contributed by atoms with E-state index < -0.39 is 12.3 Å². The van der Waals surface area contributed by atoms with Gasteiger partial charge in [-0.2, -0.15) is 0 Å². The van der Waals surface area contributed by atoms with Crippen molar-refractivity contribution in [2.75, 3.05) is 20.8 Å². The van der Waals surface area contributed by atoms with E-state index in [1.807, 2.05) is 0 Å². The molecule has 1 atom stereocenters. The van der Waals surface area contributed by atoms with Crippen LogP contribution in [0.3, 0.4) is 0 Å². The molecule has 1 aliphatic heterocycles. The van der Waals surface area contributed by atoms with Crippen LogP contribution < -0.4 is 14.2 Å². The number of methoxy groups -OCH3 is 2. The zero-order valence-electron chi connectivity index (χ0n) is 13.3. The van der Waals surface area contributed by atoms with Gasteiger partial charge in [0.2, 0.25) is 12.0 Å². The van der Waals surface area contributed by atoms with Gasteiger partial charge in [0.15, 0.2) is 11.5 Å². The highest BCUT2D eigenvalue weighted by atomic mass is 16.6. The van der Waals surface area contributed by atoms with Crippen molar-refractivity contribution >= 4 is 5.97 Å². The van der Waals surface area contributed by atoms with Crippen molar-refractivity contribution in [1.82, 2.24) is 0 Å². The van der Waals surface area contributed by atoms with Crippen LogP contribution in [0.4, 0.5) is 0 Å². The molecule has 6 heteroatoms. The Morgan fingerprint density at radius 1 is 1.26 bits per heavy atom. The number of aliphatic hydroxyl groups excluding tert-OH is 1. The number of aliphatic hydroxyl groups is 1.